The van der Waals surface area contributed by atoms with Crippen molar-refractivity contribution in [1.29, 1.82) is 0 Å². The molecule has 2 aromatic carbocycles. The number of ether oxygens (including phenoxy) is 1. The lowest BCUT2D eigenvalue weighted by molar-refractivity contribution is 0.0699. The van der Waals surface area contributed by atoms with Crippen LogP contribution in [0.1, 0.15) is 31.9 Å². The molecule has 0 spiro atoms. The average molecular weight is 395 g/mol. The molecule has 0 radical (unpaired) electrons. The summed E-state index contributed by atoms with van der Waals surface area (Å²) >= 11 is 1.23. The van der Waals surface area contributed by atoms with Crippen molar-refractivity contribution < 1.29 is 19.4 Å². The fraction of sp³-hybridized carbons (Fsp3) is 0.182. The van der Waals surface area contributed by atoms with E-state index in [1.165, 1.54) is 11.3 Å². The molecule has 0 aliphatic heterocycles. The normalized spacial score (nSPS) is 10.5. The van der Waals surface area contributed by atoms with Gasteiger partial charge >= 0.3 is 12.1 Å². The van der Waals surface area contributed by atoms with E-state index in [9.17, 15) is 14.7 Å². The Hall–Kier alpha value is -3.12. The third-order valence-corrected chi connectivity index (χ3v) is 5.40. The number of hydrogen-bond donors (Lipinski definition) is 2. The summed E-state index contributed by atoms with van der Waals surface area (Å²) in [7, 11) is 0. The summed E-state index contributed by atoms with van der Waals surface area (Å²) in [5.41, 5.74) is 4.52. The quantitative estimate of drug-likeness (QED) is 0.573. The van der Waals surface area contributed by atoms with Crippen molar-refractivity contribution >= 4 is 28.4 Å². The van der Waals surface area contributed by atoms with E-state index in [0.717, 1.165) is 27.1 Å². The first kappa shape index (κ1) is 19.6. The number of benzene rings is 2. The number of anilines is 1. The fourth-order valence-electron chi connectivity index (χ4n) is 3.11. The van der Waals surface area contributed by atoms with Gasteiger partial charge in [0.15, 0.2) is 0 Å². The summed E-state index contributed by atoms with van der Waals surface area (Å²) in [4.78, 5) is 25.0. The highest BCUT2D eigenvalue weighted by atomic mass is 32.1. The van der Waals surface area contributed by atoms with Crippen LogP contribution in [0.4, 0.5) is 9.80 Å². The lowest BCUT2D eigenvalue weighted by Crippen LogP contribution is -2.15. The minimum Gasteiger partial charge on any atom is -0.478 e. The van der Waals surface area contributed by atoms with E-state index >= 15 is 0 Å². The molecular formula is C22H21NO4S. The van der Waals surface area contributed by atoms with Gasteiger partial charge in [-0.05, 0) is 37.5 Å². The maximum Gasteiger partial charge on any atom is 0.412 e. The van der Waals surface area contributed by atoms with Crippen molar-refractivity contribution in [3.63, 3.8) is 0 Å². The molecule has 0 unspecified atom stereocenters. The Morgan fingerprint density at radius 2 is 1.79 bits per heavy atom. The largest absolute Gasteiger partial charge is 0.478 e. The Bertz CT molecular complexity index is 1020. The van der Waals surface area contributed by atoms with Gasteiger partial charge in [0.05, 0.1) is 0 Å². The number of aryl methyl sites for hydroxylation is 3. The predicted octanol–water partition coefficient (Wildman–Crippen LogP) is 5.79. The van der Waals surface area contributed by atoms with Gasteiger partial charge in [0.2, 0.25) is 0 Å². The number of carbonyl (C=O) groups excluding carboxylic acids is 1. The number of carboxylic acids is 1. The molecule has 5 nitrogen and oxygen atoms in total. The summed E-state index contributed by atoms with van der Waals surface area (Å²) < 4.78 is 5.22. The lowest BCUT2D eigenvalue weighted by Gasteiger charge is -2.10. The molecule has 0 atom stereocenters. The number of carboxylic acid groups (broad SMARTS) is 1. The van der Waals surface area contributed by atoms with Gasteiger partial charge in [-0.2, -0.15) is 0 Å². The number of rotatable bonds is 5. The van der Waals surface area contributed by atoms with Crippen LogP contribution < -0.4 is 5.32 Å². The number of aromatic carboxylic acids is 1. The van der Waals surface area contributed by atoms with Crippen LogP contribution in [0.5, 0.6) is 0 Å². The van der Waals surface area contributed by atoms with E-state index < -0.39 is 12.1 Å². The molecule has 6 heteroatoms. The molecule has 3 aromatic rings. The average Bonchev–Trinajstić information content (AvgIpc) is 2.96. The first-order chi connectivity index (χ1) is 13.4. The third-order valence-electron chi connectivity index (χ3n) is 4.38. The van der Waals surface area contributed by atoms with Gasteiger partial charge in [-0.1, -0.05) is 54.1 Å². The van der Waals surface area contributed by atoms with Gasteiger partial charge < -0.3 is 9.84 Å². The monoisotopic (exact) mass is 395 g/mol. The molecular weight excluding hydrogens is 374 g/mol. The van der Waals surface area contributed by atoms with Crippen LogP contribution >= 0.6 is 11.3 Å². The Balaban J connectivity index is 1.87. The molecule has 1 heterocycles. The molecule has 0 saturated heterocycles. The molecule has 1 amide bonds. The minimum absolute atomic E-state index is 0.0890. The summed E-state index contributed by atoms with van der Waals surface area (Å²) in [6, 6.07) is 15.2. The molecule has 2 N–H and O–H groups in total. The Kier molecular flexibility index (Phi) is 5.80. The van der Waals surface area contributed by atoms with Gasteiger partial charge in [0, 0.05) is 10.4 Å². The van der Waals surface area contributed by atoms with Gasteiger partial charge in [-0.15, -0.1) is 11.3 Å². The van der Waals surface area contributed by atoms with E-state index in [1.54, 1.807) is 0 Å². The molecule has 0 aliphatic carbocycles. The van der Waals surface area contributed by atoms with E-state index in [0.29, 0.717) is 5.56 Å². The molecule has 0 saturated carbocycles. The predicted molar refractivity (Wildman–Crippen MR) is 111 cm³/mol. The number of hydrogen-bond acceptors (Lipinski definition) is 4. The SMILES string of the molecule is Cc1ccc(-c2c(C)sc(NC(=O)OCc3ccccc3)c2C(=O)O)c(C)c1. The summed E-state index contributed by atoms with van der Waals surface area (Å²) in [5, 5.41) is 12.7. The highest BCUT2D eigenvalue weighted by Crippen LogP contribution is 2.41. The van der Waals surface area contributed by atoms with E-state index in [1.807, 2.05) is 69.3 Å². The molecule has 144 valence electrons. The van der Waals surface area contributed by atoms with E-state index in [-0.39, 0.29) is 17.2 Å². The van der Waals surface area contributed by atoms with E-state index in [2.05, 4.69) is 5.32 Å². The Morgan fingerprint density at radius 3 is 2.43 bits per heavy atom. The van der Waals surface area contributed by atoms with Crippen molar-refractivity contribution in [3.8, 4) is 11.1 Å². The summed E-state index contributed by atoms with van der Waals surface area (Å²) in [5.74, 6) is -1.09. The molecule has 0 aliphatic rings. The maximum absolute atomic E-state index is 12.2. The Labute approximate surface area is 167 Å². The van der Waals surface area contributed by atoms with Crippen LogP contribution in [-0.2, 0) is 11.3 Å². The molecule has 0 bridgehead atoms. The first-order valence-corrected chi connectivity index (χ1v) is 9.60. The Morgan fingerprint density at radius 1 is 1.07 bits per heavy atom. The zero-order valence-corrected chi connectivity index (χ0v) is 16.7. The second-order valence-corrected chi connectivity index (χ2v) is 7.77. The smallest absolute Gasteiger partial charge is 0.412 e. The minimum atomic E-state index is -1.09. The number of carbonyl (C=O) groups is 2. The first-order valence-electron chi connectivity index (χ1n) is 8.79. The van der Waals surface area contributed by atoms with E-state index in [4.69, 9.17) is 4.74 Å². The third kappa shape index (κ3) is 4.23. The van der Waals surface area contributed by atoms with Gasteiger partial charge in [0.25, 0.3) is 0 Å². The lowest BCUT2D eigenvalue weighted by atomic mass is 9.96. The molecule has 0 fully saturated rings. The van der Waals surface area contributed by atoms with Crippen molar-refractivity contribution in [2.24, 2.45) is 0 Å². The maximum atomic E-state index is 12.2. The van der Waals surface area contributed by atoms with Gasteiger partial charge in [-0.25, -0.2) is 9.59 Å². The number of amides is 1. The zero-order valence-electron chi connectivity index (χ0n) is 15.9. The van der Waals surface area contributed by atoms with Crippen LogP contribution in [-0.4, -0.2) is 17.2 Å². The topological polar surface area (TPSA) is 75.6 Å². The standard InChI is InChI=1S/C22H21NO4S/c1-13-9-10-17(14(2)11-13)18-15(3)28-20(19(18)21(24)25)23-22(26)27-12-16-7-5-4-6-8-16/h4-11H,12H2,1-3H3,(H,23,26)(H,24,25). The molecule has 28 heavy (non-hydrogen) atoms. The summed E-state index contributed by atoms with van der Waals surface area (Å²) in [6.45, 7) is 5.91. The van der Waals surface area contributed by atoms with Gasteiger partial charge in [0.1, 0.15) is 17.2 Å². The van der Waals surface area contributed by atoms with Crippen LogP contribution in [0.25, 0.3) is 11.1 Å². The van der Waals surface area contributed by atoms with Crippen molar-refractivity contribution in [2.75, 3.05) is 5.32 Å². The second kappa shape index (κ2) is 8.27. The molecule has 3 rings (SSSR count). The summed E-state index contributed by atoms with van der Waals surface area (Å²) in [6.07, 6.45) is -0.681. The fourth-order valence-corrected chi connectivity index (χ4v) is 4.15. The van der Waals surface area contributed by atoms with Crippen molar-refractivity contribution in [3.05, 3.63) is 75.7 Å². The van der Waals surface area contributed by atoms with Crippen LogP contribution in [0, 0.1) is 20.8 Å². The second-order valence-electron chi connectivity index (χ2n) is 6.55. The van der Waals surface area contributed by atoms with Crippen molar-refractivity contribution in [1.82, 2.24) is 0 Å². The van der Waals surface area contributed by atoms with Crippen LogP contribution in [0.3, 0.4) is 0 Å². The van der Waals surface area contributed by atoms with Crippen LogP contribution in [0.2, 0.25) is 0 Å². The molecule has 1 aromatic heterocycles. The zero-order chi connectivity index (χ0) is 20.3. The van der Waals surface area contributed by atoms with Crippen LogP contribution in [0.15, 0.2) is 48.5 Å². The number of nitrogens with one attached hydrogen (secondary N) is 1. The highest BCUT2D eigenvalue weighted by molar-refractivity contribution is 7.17. The van der Waals surface area contributed by atoms with Gasteiger partial charge in [-0.3, -0.25) is 5.32 Å². The highest BCUT2D eigenvalue weighted by Gasteiger charge is 2.25. The number of thiophene rings is 1. The van der Waals surface area contributed by atoms with Crippen molar-refractivity contribution in [2.45, 2.75) is 27.4 Å².